The molecule has 4 N–H and O–H groups in total. The van der Waals surface area contributed by atoms with Crippen LogP contribution in [0.5, 0.6) is 11.5 Å². The molecule has 0 fully saturated rings. The number of benzene rings is 3. The molecular weight excluding hydrogens is 896 g/mol. The fourth-order valence-corrected chi connectivity index (χ4v) is 9.10. The third kappa shape index (κ3) is 10.1. The summed E-state index contributed by atoms with van der Waals surface area (Å²) in [5.74, 6) is -10.7. The lowest BCUT2D eigenvalue weighted by molar-refractivity contribution is -0.160. The molecule has 7 rings (SSSR count). The fourth-order valence-electron chi connectivity index (χ4n) is 8.89. The van der Waals surface area contributed by atoms with Gasteiger partial charge in [-0.15, -0.1) is 0 Å². The summed E-state index contributed by atoms with van der Waals surface area (Å²) in [4.78, 5) is 85.9. The molecule has 3 aromatic rings. The third-order valence-corrected chi connectivity index (χ3v) is 13.0. The van der Waals surface area contributed by atoms with Gasteiger partial charge in [-0.1, -0.05) is 75.7 Å². The lowest BCUT2D eigenvalue weighted by Gasteiger charge is -2.38. The molecule has 5 bridgehead atoms. The van der Waals surface area contributed by atoms with Gasteiger partial charge in [-0.2, -0.15) is 0 Å². The van der Waals surface area contributed by atoms with Crippen LogP contribution >= 0.6 is 11.6 Å². The van der Waals surface area contributed by atoms with Crippen LogP contribution in [0.15, 0.2) is 90.0 Å². The van der Waals surface area contributed by atoms with Crippen molar-refractivity contribution in [2.75, 3.05) is 12.4 Å². The Morgan fingerprint density at radius 2 is 1.51 bits per heavy atom. The predicted octanol–water partition coefficient (Wildman–Crippen LogP) is 7.85. The number of rotatable bonds is 6. The molecule has 0 radical (unpaired) electrons. The molecule has 360 valence electrons. The number of aliphatic hydroxyl groups is 2. The maximum atomic E-state index is 15.3. The van der Waals surface area contributed by atoms with Gasteiger partial charge in [-0.05, 0) is 69.2 Å². The molecule has 0 aromatic heterocycles. The van der Waals surface area contributed by atoms with Gasteiger partial charge >= 0.3 is 17.7 Å². The largest absolute Gasteiger partial charge is 0.462 e. The molecule has 0 saturated carbocycles. The minimum atomic E-state index is -2.20. The number of Topliss-reactive ketones (excluding diaryl/α,β-unsaturated/α-hetero) is 3. The molecular formula is C52H57ClN2O13. The Balaban J connectivity index is 1.59. The van der Waals surface area contributed by atoms with Crippen molar-refractivity contribution in [3.8, 4) is 11.5 Å². The molecule has 9 atom stereocenters. The molecule has 0 saturated heterocycles. The summed E-state index contributed by atoms with van der Waals surface area (Å²) in [6.07, 6.45) is 3.14. The summed E-state index contributed by atoms with van der Waals surface area (Å²) in [7, 11) is 1.41. The number of amides is 1. The van der Waals surface area contributed by atoms with E-state index in [1.54, 1.807) is 64.1 Å². The highest BCUT2D eigenvalue weighted by atomic mass is 35.5. The Kier molecular flexibility index (Phi) is 15.3. The Morgan fingerprint density at radius 3 is 2.15 bits per heavy atom. The Bertz CT molecular complexity index is 2680. The van der Waals surface area contributed by atoms with Crippen molar-refractivity contribution in [2.24, 2.45) is 23.7 Å². The second-order valence-corrected chi connectivity index (χ2v) is 18.3. The zero-order valence-corrected chi connectivity index (χ0v) is 40.6. The van der Waals surface area contributed by atoms with Gasteiger partial charge in [-0.25, -0.2) is 4.79 Å². The first-order valence-corrected chi connectivity index (χ1v) is 22.6. The first-order chi connectivity index (χ1) is 32.0. The topological polar surface area (TPSA) is 213 Å². The van der Waals surface area contributed by atoms with E-state index in [4.69, 9.17) is 35.3 Å². The van der Waals surface area contributed by atoms with E-state index in [-0.39, 0.29) is 33.0 Å². The average molecular weight is 953 g/mol. The number of carbonyl (C=O) groups is 6. The van der Waals surface area contributed by atoms with Gasteiger partial charge in [0.1, 0.15) is 29.0 Å². The Labute approximate surface area is 400 Å². The number of aliphatic hydroxyl groups excluding tert-OH is 2. The molecule has 4 aliphatic rings. The number of nitrogens with one attached hydrogen (secondary N) is 2. The lowest BCUT2D eigenvalue weighted by atomic mass is 9.78. The van der Waals surface area contributed by atoms with Crippen LogP contribution < -0.4 is 20.1 Å². The van der Waals surface area contributed by atoms with Crippen LogP contribution in [0.1, 0.15) is 107 Å². The molecule has 1 amide bonds. The van der Waals surface area contributed by atoms with Crippen LogP contribution in [-0.2, 0) is 23.8 Å². The second-order valence-electron chi connectivity index (χ2n) is 17.9. The molecule has 0 unspecified atom stereocenters. The number of ether oxygens (including phenoxy) is 5. The maximum absolute atomic E-state index is 15.3. The minimum absolute atomic E-state index is 0.0289. The number of esters is 2. The maximum Gasteiger partial charge on any atom is 0.345 e. The van der Waals surface area contributed by atoms with Crippen molar-refractivity contribution in [1.82, 2.24) is 5.32 Å². The monoisotopic (exact) mass is 952 g/mol. The summed E-state index contributed by atoms with van der Waals surface area (Å²) in [5, 5.41) is 28.8. The number of hydrogen-bond acceptors (Lipinski definition) is 14. The number of hydrogen-bond donors (Lipinski definition) is 4. The number of fused-ring (bicyclic) bond motifs is 14. The SMILES string of the molecule is CO[C@H]1C=CO[C@@]2(C)Oc3c(C)c(OC(=O)c4ccccc4Cl)c4c(c3C2=O)C(=O)C(Nc2cc(C)cc(C)c2)=C(NC(=O)C(C)=CC=C[C@H](C)[C@H](O)[C@@H](C)[C@H](O)[C@H](C)[C@H](OC(C)=O)[C@@H]1C)C4=O. The minimum Gasteiger partial charge on any atom is -0.462 e. The highest BCUT2D eigenvalue weighted by Gasteiger charge is 2.53. The van der Waals surface area contributed by atoms with E-state index in [0.717, 1.165) is 17.4 Å². The highest BCUT2D eigenvalue weighted by Crippen LogP contribution is 2.49. The molecule has 16 heteroatoms. The van der Waals surface area contributed by atoms with Gasteiger partial charge in [0.05, 0.1) is 51.9 Å². The molecule has 15 nitrogen and oxygen atoms in total. The van der Waals surface area contributed by atoms with Gasteiger partial charge in [0.25, 0.3) is 11.7 Å². The highest BCUT2D eigenvalue weighted by molar-refractivity contribution is 6.34. The van der Waals surface area contributed by atoms with E-state index in [2.05, 4.69) is 10.6 Å². The number of allylic oxidation sites excluding steroid dienone is 4. The van der Waals surface area contributed by atoms with Crippen molar-refractivity contribution < 1.29 is 62.7 Å². The molecule has 3 aromatic carbocycles. The summed E-state index contributed by atoms with van der Waals surface area (Å²) < 4.78 is 29.9. The number of ketones is 3. The number of carbonyl (C=O) groups excluding carboxylic acids is 6. The van der Waals surface area contributed by atoms with Crippen molar-refractivity contribution in [3.63, 3.8) is 0 Å². The molecule has 3 aliphatic heterocycles. The normalized spacial score (nSPS) is 26.7. The molecule has 68 heavy (non-hydrogen) atoms. The number of methoxy groups -OCH3 is 1. The quantitative estimate of drug-likeness (QED) is 0.137. The second kappa shape index (κ2) is 20.5. The van der Waals surface area contributed by atoms with E-state index in [9.17, 15) is 29.4 Å². The van der Waals surface area contributed by atoms with Gasteiger partial charge < -0.3 is 44.5 Å². The predicted molar refractivity (Wildman–Crippen MR) is 252 cm³/mol. The van der Waals surface area contributed by atoms with E-state index in [1.165, 1.54) is 59.1 Å². The molecule has 3 heterocycles. The first kappa shape index (κ1) is 51.0. The Morgan fingerprint density at radius 1 is 0.853 bits per heavy atom. The average Bonchev–Trinajstić information content (AvgIpc) is 3.55. The number of anilines is 1. The van der Waals surface area contributed by atoms with Gasteiger partial charge in [0.2, 0.25) is 11.6 Å². The fraction of sp³-hybridized carbons (Fsp3) is 0.385. The summed E-state index contributed by atoms with van der Waals surface area (Å²) in [5.41, 5.74) is -0.245. The zero-order valence-electron chi connectivity index (χ0n) is 39.8. The van der Waals surface area contributed by atoms with Crippen LogP contribution in [0.3, 0.4) is 0 Å². The zero-order chi connectivity index (χ0) is 50.1. The van der Waals surface area contributed by atoms with E-state index in [1.807, 2.05) is 19.9 Å². The van der Waals surface area contributed by atoms with Gasteiger partial charge in [0, 0.05) is 61.5 Å². The summed E-state index contributed by atoms with van der Waals surface area (Å²) in [6, 6.07) is 11.4. The standard InChI is InChI=1S/C52H57ClN2O13/c1-24-21-25(2)23-33(22-24)54-40-41-45(60)38-37(44(40)59)39-48(31(8)47(38)67-51(63)34-17-12-13-18-35(34)53)68-52(10,49(39)61)65-20-19-36(64-11)28(5)46(66-32(9)56)30(7)43(58)29(6)42(57)26(3)15-14-16-27(4)50(62)55-41/h12-23,26,28-30,36,42-43,46,54,57-58H,1-11H3,(H,55,62)/t26-,28+,29+,30-,36-,42-,43-,46+,52-/m0/s1. The van der Waals surface area contributed by atoms with Crippen LogP contribution in [0.2, 0.25) is 5.02 Å². The van der Waals surface area contributed by atoms with Crippen LogP contribution in [0.25, 0.3) is 0 Å². The van der Waals surface area contributed by atoms with E-state index in [0.29, 0.717) is 5.69 Å². The molecule has 0 spiro atoms. The number of aryl methyl sites for hydroxylation is 2. The first-order valence-electron chi connectivity index (χ1n) is 22.2. The van der Waals surface area contributed by atoms with E-state index < -0.39 is 117 Å². The van der Waals surface area contributed by atoms with Crippen molar-refractivity contribution in [2.45, 2.75) is 99.4 Å². The third-order valence-electron chi connectivity index (χ3n) is 12.7. The van der Waals surface area contributed by atoms with Gasteiger partial charge in [0.15, 0.2) is 0 Å². The van der Waals surface area contributed by atoms with Crippen molar-refractivity contribution in [1.29, 1.82) is 0 Å². The van der Waals surface area contributed by atoms with Gasteiger partial charge in [-0.3, -0.25) is 24.0 Å². The van der Waals surface area contributed by atoms with Crippen LogP contribution in [-0.4, -0.2) is 82.7 Å². The van der Waals surface area contributed by atoms with Crippen molar-refractivity contribution in [3.05, 3.63) is 134 Å². The Hall–Kier alpha value is -6.39. The summed E-state index contributed by atoms with van der Waals surface area (Å²) in [6.45, 7) is 16.0. The number of halogens is 1. The van der Waals surface area contributed by atoms with Crippen LogP contribution in [0, 0.1) is 44.4 Å². The smallest absolute Gasteiger partial charge is 0.345 e. The van der Waals surface area contributed by atoms with E-state index >= 15 is 9.59 Å². The summed E-state index contributed by atoms with van der Waals surface area (Å²) >= 11 is 6.40. The lowest BCUT2D eigenvalue weighted by Crippen LogP contribution is -2.46. The van der Waals surface area contributed by atoms with Crippen LogP contribution in [0.4, 0.5) is 5.69 Å². The van der Waals surface area contributed by atoms with Crippen molar-refractivity contribution >= 4 is 52.5 Å². The molecule has 1 aliphatic carbocycles.